The highest BCUT2D eigenvalue weighted by atomic mass is 16.1. The van der Waals surface area contributed by atoms with Crippen molar-refractivity contribution in [1.29, 1.82) is 0 Å². The number of hydrogen-bond acceptors (Lipinski definition) is 1. The maximum absolute atomic E-state index is 11.9. The van der Waals surface area contributed by atoms with E-state index in [1.54, 1.807) is 0 Å². The van der Waals surface area contributed by atoms with Gasteiger partial charge in [-0.1, -0.05) is 37.5 Å². The summed E-state index contributed by atoms with van der Waals surface area (Å²) < 4.78 is 0. The molecular weight excluding hydrogens is 198 g/mol. The number of amides is 1. The van der Waals surface area contributed by atoms with E-state index in [4.69, 9.17) is 6.42 Å². The van der Waals surface area contributed by atoms with E-state index in [-0.39, 0.29) is 11.9 Å². The summed E-state index contributed by atoms with van der Waals surface area (Å²) in [6.45, 7) is 3.96. The molecule has 2 heteroatoms. The first kappa shape index (κ1) is 12.3. The van der Waals surface area contributed by atoms with Crippen molar-refractivity contribution in [3.05, 3.63) is 35.4 Å². The van der Waals surface area contributed by atoms with Crippen LogP contribution >= 0.6 is 0 Å². The fraction of sp³-hybridized carbons (Fsp3) is 0.357. The summed E-state index contributed by atoms with van der Waals surface area (Å²) >= 11 is 0. The van der Waals surface area contributed by atoms with Gasteiger partial charge < -0.3 is 5.32 Å². The molecule has 1 aromatic rings. The Bertz CT molecular complexity index is 403. The molecule has 84 valence electrons. The van der Waals surface area contributed by atoms with Gasteiger partial charge in [0.05, 0.1) is 6.04 Å². The standard InChI is InChI=1S/C14H17NO/c1-4-8-12(5-2)15-14(16)13-10-7-6-9-11(13)3/h2,6-7,9-10,12H,4,8H2,1,3H3,(H,15,16). The molecule has 0 saturated heterocycles. The van der Waals surface area contributed by atoms with Crippen LogP contribution in [0, 0.1) is 19.3 Å². The molecule has 0 aliphatic rings. The molecular formula is C14H17NO. The molecule has 0 radical (unpaired) electrons. The minimum atomic E-state index is -0.169. The van der Waals surface area contributed by atoms with E-state index in [2.05, 4.69) is 11.2 Å². The van der Waals surface area contributed by atoms with Crippen LogP contribution in [0.1, 0.15) is 35.7 Å². The van der Waals surface area contributed by atoms with Gasteiger partial charge in [-0.05, 0) is 25.0 Å². The molecule has 0 fully saturated rings. The van der Waals surface area contributed by atoms with Gasteiger partial charge in [-0.25, -0.2) is 0 Å². The first-order chi connectivity index (χ1) is 7.69. The number of benzene rings is 1. The molecule has 16 heavy (non-hydrogen) atoms. The average molecular weight is 215 g/mol. The van der Waals surface area contributed by atoms with Crippen LogP contribution in [-0.4, -0.2) is 11.9 Å². The maximum atomic E-state index is 11.9. The Hall–Kier alpha value is -1.75. The number of rotatable bonds is 4. The lowest BCUT2D eigenvalue weighted by Crippen LogP contribution is -2.33. The zero-order valence-electron chi connectivity index (χ0n) is 9.79. The first-order valence-electron chi connectivity index (χ1n) is 5.51. The Morgan fingerprint density at radius 2 is 2.19 bits per heavy atom. The summed E-state index contributed by atoms with van der Waals surface area (Å²) in [5, 5.41) is 2.85. The predicted molar refractivity (Wildman–Crippen MR) is 66.2 cm³/mol. The number of hydrogen-bond donors (Lipinski definition) is 1. The summed E-state index contributed by atoms with van der Waals surface area (Å²) in [6, 6.07) is 7.32. The molecule has 1 atom stereocenters. The van der Waals surface area contributed by atoms with Crippen molar-refractivity contribution in [2.45, 2.75) is 32.7 Å². The van der Waals surface area contributed by atoms with Crippen molar-refractivity contribution < 1.29 is 4.79 Å². The quantitative estimate of drug-likeness (QED) is 0.768. The molecule has 2 nitrogen and oxygen atoms in total. The van der Waals surface area contributed by atoms with Crippen molar-refractivity contribution in [2.24, 2.45) is 0 Å². The summed E-state index contributed by atoms with van der Waals surface area (Å²) in [7, 11) is 0. The van der Waals surface area contributed by atoms with Gasteiger partial charge in [-0.15, -0.1) is 6.42 Å². The van der Waals surface area contributed by atoms with E-state index in [0.29, 0.717) is 5.56 Å². The van der Waals surface area contributed by atoms with Gasteiger partial charge in [0.2, 0.25) is 0 Å². The van der Waals surface area contributed by atoms with Crippen molar-refractivity contribution in [1.82, 2.24) is 5.32 Å². The summed E-state index contributed by atoms with van der Waals surface area (Å²) in [6.07, 6.45) is 7.13. The monoisotopic (exact) mass is 215 g/mol. The van der Waals surface area contributed by atoms with Crippen molar-refractivity contribution in [3.8, 4) is 12.3 Å². The third-order valence-corrected chi connectivity index (χ3v) is 2.47. The highest BCUT2D eigenvalue weighted by Crippen LogP contribution is 2.07. The summed E-state index contributed by atoms with van der Waals surface area (Å²) in [5.74, 6) is 2.50. The van der Waals surface area contributed by atoms with Gasteiger partial charge in [-0.3, -0.25) is 4.79 Å². The number of aryl methyl sites for hydroxylation is 1. The fourth-order valence-corrected chi connectivity index (χ4v) is 1.55. The smallest absolute Gasteiger partial charge is 0.252 e. The molecule has 0 aliphatic heterocycles. The second-order valence-corrected chi connectivity index (χ2v) is 3.80. The summed E-state index contributed by atoms with van der Waals surface area (Å²) in [5.41, 5.74) is 1.66. The highest BCUT2D eigenvalue weighted by molar-refractivity contribution is 5.95. The van der Waals surface area contributed by atoms with Crippen LogP contribution in [0.15, 0.2) is 24.3 Å². The normalized spacial score (nSPS) is 11.6. The van der Waals surface area contributed by atoms with Crippen molar-refractivity contribution in [3.63, 3.8) is 0 Å². The Morgan fingerprint density at radius 3 is 2.75 bits per heavy atom. The van der Waals surface area contributed by atoms with Crippen LogP contribution in [0.4, 0.5) is 0 Å². The Labute approximate surface area is 97.1 Å². The molecule has 1 aromatic carbocycles. The van der Waals surface area contributed by atoms with Crippen molar-refractivity contribution in [2.75, 3.05) is 0 Å². The predicted octanol–water partition coefficient (Wildman–Crippen LogP) is 2.53. The minimum Gasteiger partial charge on any atom is -0.338 e. The van der Waals surface area contributed by atoms with Crippen LogP contribution in [0.3, 0.4) is 0 Å². The van der Waals surface area contributed by atoms with Crippen LogP contribution in [0.2, 0.25) is 0 Å². The molecule has 0 aliphatic carbocycles. The van der Waals surface area contributed by atoms with E-state index >= 15 is 0 Å². The van der Waals surface area contributed by atoms with Crippen LogP contribution in [-0.2, 0) is 0 Å². The van der Waals surface area contributed by atoms with Gasteiger partial charge in [0.25, 0.3) is 5.91 Å². The second-order valence-electron chi connectivity index (χ2n) is 3.80. The summed E-state index contributed by atoms with van der Waals surface area (Å²) in [4.78, 5) is 11.9. The van der Waals surface area contributed by atoms with Gasteiger partial charge >= 0.3 is 0 Å². The minimum absolute atomic E-state index is 0.0884. The van der Waals surface area contributed by atoms with E-state index in [9.17, 15) is 4.79 Å². The van der Waals surface area contributed by atoms with E-state index in [1.165, 1.54) is 0 Å². The average Bonchev–Trinajstić information content (AvgIpc) is 2.28. The van der Waals surface area contributed by atoms with Gasteiger partial charge in [0.15, 0.2) is 0 Å². The Balaban J connectivity index is 2.73. The van der Waals surface area contributed by atoms with Crippen LogP contribution in [0.25, 0.3) is 0 Å². The highest BCUT2D eigenvalue weighted by Gasteiger charge is 2.11. The molecule has 0 bridgehead atoms. The Morgan fingerprint density at radius 1 is 1.50 bits per heavy atom. The molecule has 0 heterocycles. The zero-order valence-corrected chi connectivity index (χ0v) is 9.79. The molecule has 1 amide bonds. The van der Waals surface area contributed by atoms with E-state index in [1.807, 2.05) is 38.1 Å². The molecule has 1 rings (SSSR count). The van der Waals surface area contributed by atoms with Gasteiger partial charge in [-0.2, -0.15) is 0 Å². The fourth-order valence-electron chi connectivity index (χ4n) is 1.55. The van der Waals surface area contributed by atoms with Crippen molar-refractivity contribution >= 4 is 5.91 Å². The topological polar surface area (TPSA) is 29.1 Å². The lowest BCUT2D eigenvalue weighted by Gasteiger charge is -2.13. The number of carbonyl (C=O) groups excluding carboxylic acids is 1. The number of carbonyl (C=O) groups is 1. The van der Waals surface area contributed by atoms with E-state index < -0.39 is 0 Å². The first-order valence-corrected chi connectivity index (χ1v) is 5.51. The van der Waals surface area contributed by atoms with Gasteiger partial charge in [0.1, 0.15) is 0 Å². The molecule has 0 saturated carbocycles. The van der Waals surface area contributed by atoms with Gasteiger partial charge in [0, 0.05) is 5.56 Å². The lowest BCUT2D eigenvalue weighted by molar-refractivity contribution is 0.0943. The third-order valence-electron chi connectivity index (χ3n) is 2.47. The number of terminal acetylenes is 1. The number of nitrogens with one attached hydrogen (secondary N) is 1. The Kier molecular flexibility index (Phi) is 4.60. The molecule has 0 aromatic heterocycles. The van der Waals surface area contributed by atoms with E-state index in [0.717, 1.165) is 18.4 Å². The molecule has 1 N–H and O–H groups in total. The maximum Gasteiger partial charge on any atom is 0.252 e. The third kappa shape index (κ3) is 3.13. The largest absolute Gasteiger partial charge is 0.338 e. The molecule has 1 unspecified atom stereocenters. The van der Waals surface area contributed by atoms with Crippen LogP contribution in [0.5, 0.6) is 0 Å². The van der Waals surface area contributed by atoms with Crippen LogP contribution < -0.4 is 5.32 Å². The second kappa shape index (κ2) is 5.97. The lowest BCUT2D eigenvalue weighted by atomic mass is 10.1. The molecule has 0 spiro atoms. The SMILES string of the molecule is C#CC(CCC)NC(=O)c1ccccc1C. The zero-order chi connectivity index (χ0) is 12.0.